The van der Waals surface area contributed by atoms with Crippen LogP contribution >= 0.6 is 0 Å². The standard InChI is InChI=1S/C19H22F3N3O3/c1-17(2,3)28-16(26)24-15-10-6-18(27,7-11(10)15)13-4-9(19(20,21)22)5-14-12(13)8-23-25-14/h4-5,8,10-11,15,27H,6-7H2,1-3H3,(H,23,25)(H,24,26)/t10-,11+,15+,18+. The second-order valence-corrected chi connectivity index (χ2v) is 8.79. The van der Waals surface area contributed by atoms with Crippen LogP contribution in [0.1, 0.15) is 44.7 Å². The summed E-state index contributed by atoms with van der Waals surface area (Å²) >= 11 is 0. The summed E-state index contributed by atoms with van der Waals surface area (Å²) in [5.41, 5.74) is -2.35. The van der Waals surface area contributed by atoms with Gasteiger partial charge in [-0.1, -0.05) is 0 Å². The topological polar surface area (TPSA) is 87.2 Å². The molecule has 0 radical (unpaired) electrons. The van der Waals surface area contributed by atoms with Crippen LogP contribution in [-0.4, -0.2) is 33.0 Å². The number of nitrogens with one attached hydrogen (secondary N) is 2. The van der Waals surface area contributed by atoms with Gasteiger partial charge in [-0.3, -0.25) is 5.10 Å². The van der Waals surface area contributed by atoms with E-state index in [4.69, 9.17) is 4.74 Å². The average Bonchev–Trinajstić information content (AvgIpc) is 2.91. The van der Waals surface area contributed by atoms with E-state index in [9.17, 15) is 23.1 Å². The number of hydrogen-bond donors (Lipinski definition) is 3. The number of amides is 1. The Hall–Kier alpha value is -2.29. The Labute approximate surface area is 159 Å². The van der Waals surface area contributed by atoms with Crippen LogP contribution in [0.15, 0.2) is 18.3 Å². The average molecular weight is 397 g/mol. The zero-order valence-electron chi connectivity index (χ0n) is 15.7. The highest BCUT2D eigenvalue weighted by Gasteiger charge is 2.62. The number of halogens is 3. The van der Waals surface area contributed by atoms with Gasteiger partial charge in [0.2, 0.25) is 0 Å². The molecular formula is C19H22F3N3O3. The van der Waals surface area contributed by atoms with E-state index in [2.05, 4.69) is 15.5 Å². The Morgan fingerprint density at radius 1 is 1.29 bits per heavy atom. The quantitative estimate of drug-likeness (QED) is 0.721. The van der Waals surface area contributed by atoms with Gasteiger partial charge in [0.25, 0.3) is 0 Å². The fraction of sp³-hybridized carbons (Fsp3) is 0.579. The predicted octanol–water partition coefficient (Wildman–Crippen LogP) is 3.70. The highest BCUT2D eigenvalue weighted by Crippen LogP contribution is 2.60. The van der Waals surface area contributed by atoms with Crippen molar-refractivity contribution in [3.05, 3.63) is 29.5 Å². The number of nitrogens with zero attached hydrogens (tertiary/aromatic N) is 1. The molecule has 3 N–H and O–H groups in total. The molecule has 1 aromatic carbocycles. The van der Waals surface area contributed by atoms with Crippen LogP contribution in [0, 0.1) is 11.8 Å². The molecule has 0 unspecified atom stereocenters. The zero-order valence-corrected chi connectivity index (χ0v) is 15.7. The fourth-order valence-electron chi connectivity index (χ4n) is 4.34. The molecule has 2 fully saturated rings. The monoisotopic (exact) mass is 397 g/mol. The Kier molecular flexibility index (Phi) is 3.98. The van der Waals surface area contributed by atoms with Crippen LogP contribution in [0.25, 0.3) is 10.9 Å². The van der Waals surface area contributed by atoms with Gasteiger partial charge in [-0.05, 0) is 63.1 Å². The molecular weight excluding hydrogens is 375 g/mol. The molecule has 28 heavy (non-hydrogen) atoms. The third kappa shape index (κ3) is 3.32. The number of ether oxygens (including phenoxy) is 1. The number of aromatic amines is 1. The molecule has 152 valence electrons. The summed E-state index contributed by atoms with van der Waals surface area (Å²) in [6.07, 6.45) is -3.05. The van der Waals surface area contributed by atoms with Crippen molar-refractivity contribution < 1.29 is 27.8 Å². The summed E-state index contributed by atoms with van der Waals surface area (Å²) in [7, 11) is 0. The Bertz CT molecular complexity index is 920. The zero-order chi connectivity index (χ0) is 20.5. The molecule has 4 rings (SSSR count). The number of alkyl halides is 3. The molecule has 2 aromatic rings. The number of carbonyl (C=O) groups excluding carboxylic acids is 1. The maximum Gasteiger partial charge on any atom is 0.416 e. The second-order valence-electron chi connectivity index (χ2n) is 8.79. The molecule has 0 bridgehead atoms. The van der Waals surface area contributed by atoms with Gasteiger partial charge in [0.15, 0.2) is 0 Å². The number of carbonyl (C=O) groups is 1. The number of rotatable bonds is 2. The minimum atomic E-state index is -4.52. The summed E-state index contributed by atoms with van der Waals surface area (Å²) in [4.78, 5) is 11.9. The van der Waals surface area contributed by atoms with E-state index < -0.39 is 29.0 Å². The van der Waals surface area contributed by atoms with E-state index in [1.165, 1.54) is 6.20 Å². The van der Waals surface area contributed by atoms with E-state index in [0.717, 1.165) is 12.1 Å². The lowest BCUT2D eigenvalue weighted by molar-refractivity contribution is -0.137. The van der Waals surface area contributed by atoms with Crippen molar-refractivity contribution in [2.24, 2.45) is 11.8 Å². The lowest BCUT2D eigenvalue weighted by Gasteiger charge is -2.28. The highest BCUT2D eigenvalue weighted by atomic mass is 19.4. The molecule has 2 saturated carbocycles. The number of fused-ring (bicyclic) bond motifs is 2. The van der Waals surface area contributed by atoms with Gasteiger partial charge in [0, 0.05) is 11.4 Å². The van der Waals surface area contributed by atoms with Crippen LogP contribution in [-0.2, 0) is 16.5 Å². The van der Waals surface area contributed by atoms with Crippen LogP contribution in [0.2, 0.25) is 0 Å². The van der Waals surface area contributed by atoms with Crippen molar-refractivity contribution in [3.8, 4) is 0 Å². The minimum Gasteiger partial charge on any atom is -0.444 e. The van der Waals surface area contributed by atoms with E-state index >= 15 is 0 Å². The highest BCUT2D eigenvalue weighted by molar-refractivity contribution is 5.83. The first-order valence-corrected chi connectivity index (χ1v) is 9.14. The molecule has 2 aliphatic carbocycles. The van der Waals surface area contributed by atoms with E-state index in [0.29, 0.717) is 5.39 Å². The van der Waals surface area contributed by atoms with Crippen molar-refractivity contribution in [1.29, 1.82) is 0 Å². The van der Waals surface area contributed by atoms with Crippen molar-refractivity contribution in [2.45, 2.75) is 57.0 Å². The lowest BCUT2D eigenvalue weighted by atomic mass is 9.85. The molecule has 1 amide bonds. The number of aromatic nitrogens is 2. The van der Waals surface area contributed by atoms with E-state index in [1.54, 1.807) is 20.8 Å². The molecule has 0 spiro atoms. The van der Waals surface area contributed by atoms with Crippen molar-refractivity contribution in [3.63, 3.8) is 0 Å². The fourth-order valence-corrected chi connectivity index (χ4v) is 4.34. The van der Waals surface area contributed by atoms with Gasteiger partial charge < -0.3 is 15.2 Å². The van der Waals surface area contributed by atoms with Gasteiger partial charge in [-0.25, -0.2) is 4.79 Å². The van der Waals surface area contributed by atoms with Crippen LogP contribution in [0.3, 0.4) is 0 Å². The molecule has 6 nitrogen and oxygen atoms in total. The summed E-state index contributed by atoms with van der Waals surface area (Å²) in [6.45, 7) is 5.30. The van der Waals surface area contributed by atoms with Gasteiger partial charge in [-0.15, -0.1) is 0 Å². The molecule has 9 heteroatoms. The third-order valence-electron chi connectivity index (χ3n) is 5.55. The molecule has 1 aromatic heterocycles. The third-order valence-corrected chi connectivity index (χ3v) is 5.55. The number of H-pyrrole nitrogens is 1. The van der Waals surface area contributed by atoms with Crippen molar-refractivity contribution in [2.75, 3.05) is 0 Å². The summed E-state index contributed by atoms with van der Waals surface area (Å²) in [6, 6.07) is 1.89. The van der Waals surface area contributed by atoms with E-state index in [1.807, 2.05) is 0 Å². The molecule has 4 atom stereocenters. The molecule has 0 saturated heterocycles. The second kappa shape index (κ2) is 5.85. The van der Waals surface area contributed by atoms with Gasteiger partial charge in [-0.2, -0.15) is 18.3 Å². The van der Waals surface area contributed by atoms with Crippen LogP contribution < -0.4 is 5.32 Å². The normalized spacial score (nSPS) is 29.6. The maximum atomic E-state index is 13.3. The maximum absolute atomic E-state index is 13.3. The lowest BCUT2D eigenvalue weighted by Crippen LogP contribution is -2.37. The Morgan fingerprint density at radius 2 is 1.93 bits per heavy atom. The molecule has 0 aliphatic heterocycles. The first-order valence-electron chi connectivity index (χ1n) is 9.14. The molecule has 2 aliphatic rings. The largest absolute Gasteiger partial charge is 0.444 e. The van der Waals surface area contributed by atoms with Gasteiger partial charge in [0.05, 0.1) is 22.9 Å². The first kappa shape index (κ1) is 19.0. The smallest absolute Gasteiger partial charge is 0.416 e. The summed E-state index contributed by atoms with van der Waals surface area (Å²) in [5.74, 6) is 0.0167. The predicted molar refractivity (Wildman–Crippen MR) is 94.4 cm³/mol. The SMILES string of the molecule is CC(C)(C)OC(=O)N[C@H]1[C@@H]2C[C@@](O)(c3cc(C(F)(F)F)cc4[nH]ncc34)C[C@@H]21. The van der Waals surface area contributed by atoms with Crippen molar-refractivity contribution in [1.82, 2.24) is 15.5 Å². The van der Waals surface area contributed by atoms with Crippen molar-refractivity contribution >= 4 is 17.0 Å². The Morgan fingerprint density at radius 3 is 2.50 bits per heavy atom. The van der Waals surface area contributed by atoms with Crippen LogP contribution in [0.4, 0.5) is 18.0 Å². The van der Waals surface area contributed by atoms with Crippen LogP contribution in [0.5, 0.6) is 0 Å². The summed E-state index contributed by atoms with van der Waals surface area (Å²) in [5, 5.41) is 20.8. The Balaban J connectivity index is 1.54. The minimum absolute atomic E-state index is 0.00834. The molecule has 1 heterocycles. The van der Waals surface area contributed by atoms with Gasteiger partial charge >= 0.3 is 12.3 Å². The summed E-state index contributed by atoms with van der Waals surface area (Å²) < 4.78 is 45.0. The number of alkyl carbamates (subject to hydrolysis) is 1. The van der Waals surface area contributed by atoms with E-state index in [-0.39, 0.29) is 41.8 Å². The number of hydrogen-bond acceptors (Lipinski definition) is 4. The first-order chi connectivity index (χ1) is 12.9. The number of aliphatic hydroxyl groups is 1. The van der Waals surface area contributed by atoms with Gasteiger partial charge in [0.1, 0.15) is 5.60 Å². The number of benzene rings is 1.